The molecule has 34 heavy (non-hydrogen) atoms. The largest absolute Gasteiger partial charge is 0.490 e. The van der Waals surface area contributed by atoms with Crippen molar-refractivity contribution in [3.05, 3.63) is 58.7 Å². The first-order valence-corrected chi connectivity index (χ1v) is 11.7. The lowest BCUT2D eigenvalue weighted by Gasteiger charge is -2.20. The van der Waals surface area contributed by atoms with Crippen LogP contribution in [0.2, 0.25) is 0 Å². The molecule has 8 nitrogen and oxygen atoms in total. The third-order valence-corrected chi connectivity index (χ3v) is 5.76. The molecule has 1 N–H and O–H groups in total. The van der Waals surface area contributed by atoms with Gasteiger partial charge in [-0.1, -0.05) is 12.1 Å². The smallest absolute Gasteiger partial charge is 0.283 e. The fourth-order valence-corrected chi connectivity index (χ4v) is 4.32. The fourth-order valence-electron chi connectivity index (χ4n) is 3.58. The van der Waals surface area contributed by atoms with E-state index in [1.165, 1.54) is 16.8 Å². The minimum absolute atomic E-state index is 0.00108. The van der Waals surface area contributed by atoms with Crippen LogP contribution in [0.4, 0.5) is 0 Å². The standard InChI is InChI=1S/C25H26N4O4S/c1-5-31-22-14-18(13-20-23(26)29-25(27-24(20)30)34-17(4)28-29)6-7-21(22)33-9-8-32-19-11-15(2)10-16(3)12-19/h6-7,10-14,26H,5,8-9H2,1-4H3/b20-13-,26-23?. The van der Waals surface area contributed by atoms with Crippen LogP contribution in [-0.4, -0.2) is 46.8 Å². The molecule has 0 unspecified atom stereocenters. The second-order valence-corrected chi connectivity index (χ2v) is 8.96. The summed E-state index contributed by atoms with van der Waals surface area (Å²) in [4.78, 5) is 16.6. The Balaban J connectivity index is 1.46. The van der Waals surface area contributed by atoms with Gasteiger partial charge < -0.3 is 14.2 Å². The van der Waals surface area contributed by atoms with Crippen molar-refractivity contribution in [1.82, 2.24) is 5.01 Å². The molecule has 1 amide bonds. The number of hydrogen-bond acceptors (Lipinski definition) is 7. The number of aliphatic imine (C=N–C) groups is 1. The first-order valence-electron chi connectivity index (χ1n) is 10.9. The molecule has 0 aromatic heterocycles. The van der Waals surface area contributed by atoms with Gasteiger partial charge in [0.1, 0.15) is 19.0 Å². The second kappa shape index (κ2) is 10.1. The fraction of sp³-hybridized carbons (Fsp3) is 0.280. The number of nitrogens with one attached hydrogen (secondary N) is 1. The van der Waals surface area contributed by atoms with Gasteiger partial charge in [-0.25, -0.2) is 0 Å². The summed E-state index contributed by atoms with van der Waals surface area (Å²) in [5.74, 6) is 1.48. The summed E-state index contributed by atoms with van der Waals surface area (Å²) in [5.41, 5.74) is 3.16. The summed E-state index contributed by atoms with van der Waals surface area (Å²) < 4.78 is 17.5. The zero-order valence-corrected chi connectivity index (χ0v) is 20.4. The van der Waals surface area contributed by atoms with E-state index in [9.17, 15) is 4.79 Å². The summed E-state index contributed by atoms with van der Waals surface area (Å²) in [6.45, 7) is 8.96. The van der Waals surface area contributed by atoms with E-state index in [-0.39, 0.29) is 11.4 Å². The van der Waals surface area contributed by atoms with E-state index in [2.05, 4.69) is 16.2 Å². The van der Waals surface area contributed by atoms with Crippen LogP contribution >= 0.6 is 11.8 Å². The van der Waals surface area contributed by atoms with E-state index in [0.29, 0.717) is 42.1 Å². The van der Waals surface area contributed by atoms with Crippen LogP contribution < -0.4 is 14.2 Å². The van der Waals surface area contributed by atoms with Crippen molar-refractivity contribution in [3.63, 3.8) is 0 Å². The maximum absolute atomic E-state index is 12.5. The molecule has 0 saturated carbocycles. The number of fused-ring (bicyclic) bond motifs is 1. The van der Waals surface area contributed by atoms with Crippen LogP contribution in [0, 0.1) is 19.3 Å². The molecular formula is C25H26N4O4S. The lowest BCUT2D eigenvalue weighted by Crippen LogP contribution is -2.35. The molecule has 0 atom stereocenters. The number of rotatable bonds is 8. The SMILES string of the molecule is CCOc1cc(/C=C2/C(=N)N3N=C(C)SC3=NC2=O)ccc1OCCOc1cc(C)cc(C)c1. The summed E-state index contributed by atoms with van der Waals surface area (Å²) in [6, 6.07) is 11.5. The van der Waals surface area contributed by atoms with Crippen molar-refractivity contribution < 1.29 is 19.0 Å². The van der Waals surface area contributed by atoms with Crippen LogP contribution in [0.3, 0.4) is 0 Å². The Kier molecular flexibility index (Phi) is 7.02. The molecule has 2 aliphatic rings. The Bertz CT molecular complexity index is 1220. The van der Waals surface area contributed by atoms with Crippen LogP contribution in [-0.2, 0) is 4.79 Å². The zero-order chi connectivity index (χ0) is 24.2. The molecule has 9 heteroatoms. The molecule has 0 radical (unpaired) electrons. The number of benzene rings is 2. The van der Waals surface area contributed by atoms with Gasteiger partial charge >= 0.3 is 0 Å². The van der Waals surface area contributed by atoms with Gasteiger partial charge in [0.25, 0.3) is 5.91 Å². The lowest BCUT2D eigenvalue weighted by atomic mass is 10.1. The Morgan fingerprint density at radius 1 is 1.00 bits per heavy atom. The molecule has 176 valence electrons. The van der Waals surface area contributed by atoms with E-state index in [0.717, 1.165) is 21.9 Å². The number of carbonyl (C=O) groups is 1. The molecule has 2 aromatic rings. The highest BCUT2D eigenvalue weighted by Gasteiger charge is 2.34. The summed E-state index contributed by atoms with van der Waals surface area (Å²) in [7, 11) is 0. The predicted molar refractivity (Wildman–Crippen MR) is 135 cm³/mol. The Morgan fingerprint density at radius 3 is 2.47 bits per heavy atom. The van der Waals surface area contributed by atoms with Crippen molar-refractivity contribution in [2.75, 3.05) is 19.8 Å². The van der Waals surface area contributed by atoms with E-state index < -0.39 is 5.91 Å². The first kappa shape index (κ1) is 23.6. The lowest BCUT2D eigenvalue weighted by molar-refractivity contribution is -0.114. The third-order valence-electron chi connectivity index (χ3n) is 4.94. The minimum atomic E-state index is -0.463. The van der Waals surface area contributed by atoms with Gasteiger partial charge in [-0.15, -0.1) is 0 Å². The monoisotopic (exact) mass is 478 g/mol. The van der Waals surface area contributed by atoms with Gasteiger partial charge in [0.15, 0.2) is 17.3 Å². The average molecular weight is 479 g/mol. The molecule has 2 heterocycles. The van der Waals surface area contributed by atoms with Crippen LogP contribution in [0.15, 0.2) is 52.1 Å². The topological polar surface area (TPSA) is 96.6 Å². The van der Waals surface area contributed by atoms with Gasteiger partial charge in [0.05, 0.1) is 17.2 Å². The van der Waals surface area contributed by atoms with Crippen molar-refractivity contribution in [1.29, 1.82) is 5.41 Å². The molecule has 2 aromatic carbocycles. The molecule has 4 rings (SSSR count). The number of aryl methyl sites for hydroxylation is 2. The Hall–Kier alpha value is -3.59. The molecule has 0 spiro atoms. The van der Waals surface area contributed by atoms with Gasteiger partial charge in [0.2, 0.25) is 5.17 Å². The van der Waals surface area contributed by atoms with E-state index in [1.807, 2.05) is 45.9 Å². The average Bonchev–Trinajstić information content (AvgIpc) is 3.15. The zero-order valence-electron chi connectivity index (χ0n) is 19.5. The van der Waals surface area contributed by atoms with E-state index in [1.54, 1.807) is 18.2 Å². The van der Waals surface area contributed by atoms with Crippen LogP contribution in [0.5, 0.6) is 17.2 Å². The quantitative estimate of drug-likeness (QED) is 0.432. The number of thioether (sulfide) groups is 1. The van der Waals surface area contributed by atoms with Gasteiger partial charge in [-0.2, -0.15) is 15.1 Å². The third kappa shape index (κ3) is 5.31. The van der Waals surface area contributed by atoms with E-state index in [4.69, 9.17) is 19.6 Å². The van der Waals surface area contributed by atoms with Gasteiger partial charge in [-0.05, 0) is 86.5 Å². The van der Waals surface area contributed by atoms with Crippen molar-refractivity contribution >= 4 is 39.8 Å². The number of hydrogen-bond donors (Lipinski definition) is 1. The maximum Gasteiger partial charge on any atom is 0.283 e. The number of ether oxygens (including phenoxy) is 3. The second-order valence-electron chi connectivity index (χ2n) is 7.80. The first-order chi connectivity index (χ1) is 16.3. The summed E-state index contributed by atoms with van der Waals surface area (Å²) in [6.07, 6.45) is 1.62. The van der Waals surface area contributed by atoms with Crippen LogP contribution in [0.1, 0.15) is 30.5 Å². The van der Waals surface area contributed by atoms with Crippen molar-refractivity contribution in [2.45, 2.75) is 27.7 Å². The number of nitrogens with zero attached hydrogens (tertiary/aromatic N) is 3. The molecule has 0 saturated heterocycles. The summed E-state index contributed by atoms with van der Waals surface area (Å²) >= 11 is 1.28. The highest BCUT2D eigenvalue weighted by molar-refractivity contribution is 8.26. The Labute approximate surface area is 202 Å². The van der Waals surface area contributed by atoms with Crippen molar-refractivity contribution in [3.8, 4) is 17.2 Å². The molecule has 0 aliphatic carbocycles. The highest BCUT2D eigenvalue weighted by Crippen LogP contribution is 2.31. The normalized spacial score (nSPS) is 16.4. The highest BCUT2D eigenvalue weighted by atomic mass is 32.2. The van der Waals surface area contributed by atoms with Gasteiger partial charge in [0, 0.05) is 0 Å². The Morgan fingerprint density at radius 2 is 1.74 bits per heavy atom. The molecule has 2 aliphatic heterocycles. The van der Waals surface area contributed by atoms with Crippen LogP contribution in [0.25, 0.3) is 6.08 Å². The minimum Gasteiger partial charge on any atom is -0.490 e. The van der Waals surface area contributed by atoms with E-state index >= 15 is 0 Å². The predicted octanol–water partition coefficient (Wildman–Crippen LogP) is 4.80. The summed E-state index contributed by atoms with van der Waals surface area (Å²) in [5, 5.41) is 15.2. The number of carbonyl (C=O) groups excluding carboxylic acids is 1. The number of amides is 1. The maximum atomic E-state index is 12.5. The van der Waals surface area contributed by atoms with Crippen molar-refractivity contribution in [2.24, 2.45) is 10.1 Å². The molecule has 0 fully saturated rings. The molecule has 0 bridgehead atoms. The van der Waals surface area contributed by atoms with Gasteiger partial charge in [-0.3, -0.25) is 10.2 Å². The number of hydrazone groups is 1. The molecular weight excluding hydrogens is 452 g/mol. The number of amidine groups is 2.